The Morgan fingerprint density at radius 2 is 2.09 bits per heavy atom. The van der Waals surface area contributed by atoms with Crippen LogP contribution in [0.4, 0.5) is 13.2 Å². The molecule has 2 atom stereocenters. The lowest BCUT2D eigenvalue weighted by molar-refractivity contribution is -0.137. The summed E-state index contributed by atoms with van der Waals surface area (Å²) in [5.74, 6) is -0.598. The highest BCUT2D eigenvalue weighted by atomic mass is 35.5. The Bertz CT molecular complexity index is 1180. The molecule has 1 aliphatic rings. The Kier molecular flexibility index (Phi) is 7.25. The van der Waals surface area contributed by atoms with Gasteiger partial charge in [-0.25, -0.2) is 4.98 Å². The van der Waals surface area contributed by atoms with Crippen LogP contribution in [0.15, 0.2) is 36.1 Å². The van der Waals surface area contributed by atoms with E-state index >= 15 is 0 Å². The molecule has 2 N–H and O–H groups in total. The zero-order valence-corrected chi connectivity index (χ0v) is 20.2. The van der Waals surface area contributed by atoms with Crippen molar-refractivity contribution in [3.8, 4) is 10.4 Å². The number of benzene rings is 1. The van der Waals surface area contributed by atoms with Crippen molar-refractivity contribution < 1.29 is 18.0 Å². The first-order valence-corrected chi connectivity index (χ1v) is 12.2. The minimum atomic E-state index is -4.66. The molecule has 1 amide bonds. The summed E-state index contributed by atoms with van der Waals surface area (Å²) >= 11 is 7.47. The lowest BCUT2D eigenvalue weighted by Crippen LogP contribution is -2.48. The molecule has 0 radical (unpaired) electrons. The molecule has 1 fully saturated rings. The highest BCUT2D eigenvalue weighted by Crippen LogP contribution is 2.38. The molecular formula is C24H24ClF3N4OS. The normalized spacial score (nSPS) is 18.6. The number of amides is 1. The number of carbonyl (C=O) groups excluding carboxylic acids is 1. The Morgan fingerprint density at radius 1 is 1.29 bits per heavy atom. The predicted octanol–water partition coefficient (Wildman–Crippen LogP) is 5.76. The highest BCUT2D eigenvalue weighted by molar-refractivity contribution is 7.13. The van der Waals surface area contributed by atoms with Crippen molar-refractivity contribution in [1.82, 2.24) is 20.6 Å². The summed E-state index contributed by atoms with van der Waals surface area (Å²) in [5.41, 5.74) is 5.02. The van der Waals surface area contributed by atoms with Crippen LogP contribution in [0.5, 0.6) is 0 Å². The van der Waals surface area contributed by atoms with E-state index in [1.165, 1.54) is 22.3 Å². The first-order valence-electron chi connectivity index (χ1n) is 10.9. The van der Waals surface area contributed by atoms with Gasteiger partial charge in [-0.1, -0.05) is 23.7 Å². The number of hydrogen-bond acceptors (Lipinski definition) is 5. The molecular weight excluding hydrogens is 485 g/mol. The molecule has 0 spiro atoms. The van der Waals surface area contributed by atoms with E-state index in [9.17, 15) is 18.0 Å². The van der Waals surface area contributed by atoms with Crippen LogP contribution in [0.3, 0.4) is 0 Å². The second-order valence-corrected chi connectivity index (χ2v) is 9.64. The number of nitrogens with one attached hydrogen (secondary N) is 2. The van der Waals surface area contributed by atoms with Crippen molar-refractivity contribution >= 4 is 28.8 Å². The van der Waals surface area contributed by atoms with Crippen LogP contribution in [0, 0.1) is 13.8 Å². The van der Waals surface area contributed by atoms with E-state index in [2.05, 4.69) is 46.6 Å². The van der Waals surface area contributed by atoms with Gasteiger partial charge in [-0.15, -0.1) is 11.3 Å². The number of halogens is 4. The van der Waals surface area contributed by atoms with Crippen molar-refractivity contribution in [2.75, 3.05) is 13.1 Å². The van der Waals surface area contributed by atoms with E-state index in [1.54, 1.807) is 11.3 Å². The molecule has 0 unspecified atom stereocenters. The predicted molar refractivity (Wildman–Crippen MR) is 127 cm³/mol. The molecule has 0 saturated carbocycles. The van der Waals surface area contributed by atoms with Crippen LogP contribution in [-0.4, -0.2) is 35.0 Å². The largest absolute Gasteiger partial charge is 0.417 e. The van der Waals surface area contributed by atoms with E-state index in [-0.39, 0.29) is 18.5 Å². The second-order valence-electron chi connectivity index (χ2n) is 8.38. The van der Waals surface area contributed by atoms with E-state index in [0.717, 1.165) is 36.5 Å². The molecule has 0 bridgehead atoms. The maximum Gasteiger partial charge on any atom is 0.417 e. The molecule has 3 aromatic rings. The van der Waals surface area contributed by atoms with Gasteiger partial charge in [0.05, 0.1) is 21.0 Å². The topological polar surface area (TPSA) is 66.9 Å². The van der Waals surface area contributed by atoms with Gasteiger partial charge >= 0.3 is 6.18 Å². The van der Waals surface area contributed by atoms with Gasteiger partial charge in [0.1, 0.15) is 5.69 Å². The van der Waals surface area contributed by atoms with Crippen LogP contribution in [-0.2, 0) is 6.18 Å². The minimum absolute atomic E-state index is 0.0852. The highest BCUT2D eigenvalue weighted by Gasteiger charge is 2.35. The van der Waals surface area contributed by atoms with Gasteiger partial charge in [0.15, 0.2) is 0 Å². The van der Waals surface area contributed by atoms with Crippen molar-refractivity contribution in [2.24, 2.45) is 0 Å². The smallest absolute Gasteiger partial charge is 0.349 e. The van der Waals surface area contributed by atoms with Crippen molar-refractivity contribution in [3.63, 3.8) is 0 Å². The van der Waals surface area contributed by atoms with Gasteiger partial charge in [-0.3, -0.25) is 9.78 Å². The maximum atomic E-state index is 13.2. The molecule has 1 aromatic carbocycles. The van der Waals surface area contributed by atoms with Gasteiger partial charge < -0.3 is 10.6 Å². The summed E-state index contributed by atoms with van der Waals surface area (Å²) in [7, 11) is 0. The SMILES string of the molecule is Cc1ccc([C@@H]2CCCN[C@@H]2CNC(=O)c2nccc(C(F)(F)F)c2Cl)c(C)c1-c1cncs1. The Labute approximate surface area is 204 Å². The third-order valence-corrected chi connectivity index (χ3v) is 7.44. The van der Waals surface area contributed by atoms with E-state index in [0.29, 0.717) is 0 Å². The van der Waals surface area contributed by atoms with Crippen LogP contribution in [0.1, 0.15) is 51.5 Å². The Morgan fingerprint density at radius 3 is 2.79 bits per heavy atom. The van der Waals surface area contributed by atoms with Crippen molar-refractivity contribution in [1.29, 1.82) is 0 Å². The minimum Gasteiger partial charge on any atom is -0.349 e. The lowest BCUT2D eigenvalue weighted by Gasteiger charge is -2.34. The number of carbonyl (C=O) groups is 1. The first kappa shape index (κ1) is 24.6. The zero-order valence-electron chi connectivity index (χ0n) is 18.7. The summed E-state index contributed by atoms with van der Waals surface area (Å²) in [4.78, 5) is 21.8. The number of aryl methyl sites for hydroxylation is 1. The van der Waals surface area contributed by atoms with E-state index in [4.69, 9.17) is 11.6 Å². The fourth-order valence-electron chi connectivity index (χ4n) is 4.63. The van der Waals surface area contributed by atoms with Gasteiger partial charge in [0.25, 0.3) is 5.91 Å². The van der Waals surface area contributed by atoms with E-state index in [1.807, 2.05) is 11.7 Å². The average molecular weight is 509 g/mol. The van der Waals surface area contributed by atoms with Crippen LogP contribution in [0.2, 0.25) is 5.02 Å². The van der Waals surface area contributed by atoms with Gasteiger partial charge in [-0.2, -0.15) is 13.2 Å². The lowest BCUT2D eigenvalue weighted by atomic mass is 9.80. The standard InChI is InChI=1S/C24H24ClF3N4OS/c1-13-5-6-15(14(2)20(13)19-11-29-12-34-19)16-4-3-8-30-18(16)10-32-23(33)22-21(25)17(7-9-31-22)24(26,27)28/h5-7,9,11-12,16,18,30H,3-4,8,10H2,1-2H3,(H,32,33)/t16-,18+/m0/s1. The third-order valence-electron chi connectivity index (χ3n) is 6.27. The molecule has 180 valence electrons. The number of thiazole rings is 1. The zero-order chi connectivity index (χ0) is 24.5. The quantitative estimate of drug-likeness (QED) is 0.460. The molecule has 2 aromatic heterocycles. The van der Waals surface area contributed by atoms with Crippen LogP contribution >= 0.6 is 22.9 Å². The summed E-state index contributed by atoms with van der Waals surface area (Å²) < 4.78 is 39.5. The average Bonchev–Trinajstić information content (AvgIpc) is 3.32. The molecule has 10 heteroatoms. The number of hydrogen-bond donors (Lipinski definition) is 2. The van der Waals surface area contributed by atoms with Crippen LogP contribution in [0.25, 0.3) is 10.4 Å². The van der Waals surface area contributed by atoms with Gasteiger partial charge in [-0.05, 0) is 61.6 Å². The summed E-state index contributed by atoms with van der Waals surface area (Å²) in [6.07, 6.45) is 0.0691. The van der Waals surface area contributed by atoms with Gasteiger partial charge in [0.2, 0.25) is 0 Å². The molecule has 1 aliphatic heterocycles. The van der Waals surface area contributed by atoms with Crippen molar-refractivity contribution in [2.45, 2.75) is 44.8 Å². The van der Waals surface area contributed by atoms with Crippen molar-refractivity contribution in [3.05, 3.63) is 69.1 Å². The van der Waals surface area contributed by atoms with Gasteiger partial charge in [0, 0.05) is 30.9 Å². The summed E-state index contributed by atoms with van der Waals surface area (Å²) in [6.45, 7) is 5.22. The molecule has 3 heterocycles. The number of alkyl halides is 3. The molecule has 34 heavy (non-hydrogen) atoms. The fourth-order valence-corrected chi connectivity index (χ4v) is 5.72. The summed E-state index contributed by atoms with van der Waals surface area (Å²) in [5, 5.41) is 5.51. The molecule has 5 nitrogen and oxygen atoms in total. The second kappa shape index (κ2) is 10.0. The number of rotatable bonds is 5. The molecule has 1 saturated heterocycles. The maximum absolute atomic E-state index is 13.2. The van der Waals surface area contributed by atoms with Crippen LogP contribution < -0.4 is 10.6 Å². The fraction of sp³-hybridized carbons (Fsp3) is 0.375. The Hall–Kier alpha value is -2.49. The molecule has 4 rings (SSSR count). The molecule has 0 aliphatic carbocycles. The number of pyridine rings is 1. The first-order chi connectivity index (χ1) is 16.2. The Balaban J connectivity index is 1.56. The summed E-state index contributed by atoms with van der Waals surface area (Å²) in [6, 6.07) is 4.91. The third kappa shape index (κ3) is 4.96. The number of piperidine rings is 1. The monoisotopic (exact) mass is 508 g/mol. The van der Waals surface area contributed by atoms with E-state index < -0.39 is 28.4 Å². The number of aromatic nitrogens is 2. The number of nitrogens with zero attached hydrogens (tertiary/aromatic N) is 2.